The Morgan fingerprint density at radius 2 is 1.86 bits per heavy atom. The fourth-order valence-electron chi connectivity index (χ4n) is 1.48. The number of rotatable bonds is 5. The molecule has 0 amide bonds. The Balaban J connectivity index is 2.74. The van der Waals surface area contributed by atoms with Gasteiger partial charge in [0.15, 0.2) is 0 Å². The summed E-state index contributed by atoms with van der Waals surface area (Å²) in [5.41, 5.74) is 1.09. The topological polar surface area (TPSA) is 21.3 Å². The number of hydrogen-bond donors (Lipinski definition) is 1. The van der Waals surface area contributed by atoms with Crippen molar-refractivity contribution in [2.24, 2.45) is 0 Å². The molecule has 0 saturated heterocycles. The second kappa shape index (κ2) is 5.53. The van der Waals surface area contributed by atoms with E-state index >= 15 is 0 Å². The lowest BCUT2D eigenvalue weighted by atomic mass is 10.1. The van der Waals surface area contributed by atoms with Crippen molar-refractivity contribution in [2.45, 2.75) is 32.7 Å². The van der Waals surface area contributed by atoms with Crippen molar-refractivity contribution in [3.8, 4) is 5.75 Å². The van der Waals surface area contributed by atoms with Crippen molar-refractivity contribution >= 4 is 5.69 Å². The van der Waals surface area contributed by atoms with E-state index in [1.807, 2.05) is 18.2 Å². The Morgan fingerprint density at radius 3 is 2.43 bits per heavy atom. The fourth-order valence-corrected chi connectivity index (χ4v) is 1.48. The first-order chi connectivity index (χ1) is 6.81. The van der Waals surface area contributed by atoms with Gasteiger partial charge in [0.25, 0.3) is 0 Å². The summed E-state index contributed by atoms with van der Waals surface area (Å²) < 4.78 is 5.27. The number of ether oxygens (including phenoxy) is 1. The average molecular weight is 193 g/mol. The van der Waals surface area contributed by atoms with Crippen LogP contribution in [0.1, 0.15) is 26.7 Å². The summed E-state index contributed by atoms with van der Waals surface area (Å²) in [5, 5.41) is 3.47. The maximum Gasteiger partial charge on any atom is 0.141 e. The van der Waals surface area contributed by atoms with E-state index in [0.717, 1.165) is 24.3 Å². The molecule has 0 atom stereocenters. The Labute approximate surface area is 86.3 Å². The SMILES string of the molecule is CCC(CC)Nc1ccccc1OC. The first kappa shape index (κ1) is 10.9. The van der Waals surface area contributed by atoms with Crippen molar-refractivity contribution in [1.82, 2.24) is 0 Å². The summed E-state index contributed by atoms with van der Waals surface area (Å²) >= 11 is 0. The van der Waals surface area contributed by atoms with Crippen LogP contribution >= 0.6 is 0 Å². The molecule has 0 aliphatic carbocycles. The van der Waals surface area contributed by atoms with Crippen LogP contribution < -0.4 is 10.1 Å². The molecule has 0 heterocycles. The zero-order valence-electron chi connectivity index (χ0n) is 9.21. The van der Waals surface area contributed by atoms with E-state index in [-0.39, 0.29) is 0 Å². The third kappa shape index (κ3) is 2.66. The van der Waals surface area contributed by atoms with Gasteiger partial charge in [0, 0.05) is 6.04 Å². The molecule has 0 saturated carbocycles. The summed E-state index contributed by atoms with van der Waals surface area (Å²) in [7, 11) is 1.70. The Hall–Kier alpha value is -1.18. The minimum Gasteiger partial charge on any atom is -0.495 e. The average Bonchev–Trinajstić information content (AvgIpc) is 2.26. The van der Waals surface area contributed by atoms with Crippen LogP contribution in [-0.4, -0.2) is 13.2 Å². The summed E-state index contributed by atoms with van der Waals surface area (Å²) in [4.78, 5) is 0. The maximum absolute atomic E-state index is 5.27. The van der Waals surface area contributed by atoms with Crippen LogP contribution in [0.15, 0.2) is 24.3 Å². The van der Waals surface area contributed by atoms with Crippen LogP contribution in [0.3, 0.4) is 0 Å². The van der Waals surface area contributed by atoms with Gasteiger partial charge in [-0.25, -0.2) is 0 Å². The zero-order valence-corrected chi connectivity index (χ0v) is 9.21. The normalized spacial score (nSPS) is 10.3. The van der Waals surface area contributed by atoms with Crippen LogP contribution in [0.25, 0.3) is 0 Å². The number of methoxy groups -OCH3 is 1. The lowest BCUT2D eigenvalue weighted by molar-refractivity contribution is 0.415. The highest BCUT2D eigenvalue weighted by Crippen LogP contribution is 2.24. The predicted octanol–water partition coefficient (Wildman–Crippen LogP) is 3.30. The highest BCUT2D eigenvalue weighted by atomic mass is 16.5. The maximum atomic E-state index is 5.27. The second-order valence-electron chi connectivity index (χ2n) is 3.36. The number of nitrogens with one attached hydrogen (secondary N) is 1. The summed E-state index contributed by atoms with van der Waals surface area (Å²) in [6, 6.07) is 8.57. The minimum absolute atomic E-state index is 0.534. The third-order valence-electron chi connectivity index (χ3n) is 2.45. The van der Waals surface area contributed by atoms with E-state index in [1.165, 1.54) is 0 Å². The van der Waals surface area contributed by atoms with Crippen molar-refractivity contribution in [3.05, 3.63) is 24.3 Å². The lowest BCUT2D eigenvalue weighted by Gasteiger charge is -2.18. The van der Waals surface area contributed by atoms with E-state index in [9.17, 15) is 0 Å². The molecule has 0 aliphatic heterocycles. The molecule has 2 heteroatoms. The van der Waals surface area contributed by atoms with Crippen molar-refractivity contribution in [2.75, 3.05) is 12.4 Å². The van der Waals surface area contributed by atoms with Gasteiger partial charge in [-0.1, -0.05) is 26.0 Å². The van der Waals surface area contributed by atoms with E-state index < -0.39 is 0 Å². The van der Waals surface area contributed by atoms with Crippen LogP contribution in [0, 0.1) is 0 Å². The molecule has 0 radical (unpaired) electrons. The Morgan fingerprint density at radius 1 is 1.21 bits per heavy atom. The van der Waals surface area contributed by atoms with Crippen LogP contribution in [0.5, 0.6) is 5.75 Å². The lowest BCUT2D eigenvalue weighted by Crippen LogP contribution is -2.17. The van der Waals surface area contributed by atoms with E-state index in [0.29, 0.717) is 6.04 Å². The van der Waals surface area contributed by atoms with Gasteiger partial charge in [-0.2, -0.15) is 0 Å². The molecule has 0 bridgehead atoms. The van der Waals surface area contributed by atoms with Gasteiger partial charge in [-0.3, -0.25) is 0 Å². The largest absolute Gasteiger partial charge is 0.495 e. The number of para-hydroxylation sites is 2. The Bertz CT molecular complexity index is 269. The molecule has 0 unspecified atom stereocenters. The number of anilines is 1. The smallest absolute Gasteiger partial charge is 0.141 e. The molecule has 1 rings (SSSR count). The number of hydrogen-bond acceptors (Lipinski definition) is 2. The minimum atomic E-state index is 0.534. The first-order valence-corrected chi connectivity index (χ1v) is 5.21. The van der Waals surface area contributed by atoms with E-state index in [2.05, 4.69) is 25.2 Å². The van der Waals surface area contributed by atoms with Gasteiger partial charge < -0.3 is 10.1 Å². The van der Waals surface area contributed by atoms with Gasteiger partial charge in [0.2, 0.25) is 0 Å². The third-order valence-corrected chi connectivity index (χ3v) is 2.45. The standard InChI is InChI=1S/C12H19NO/c1-4-10(5-2)13-11-8-6-7-9-12(11)14-3/h6-10,13H,4-5H2,1-3H3. The van der Waals surface area contributed by atoms with Crippen molar-refractivity contribution in [3.63, 3.8) is 0 Å². The van der Waals surface area contributed by atoms with Crippen molar-refractivity contribution < 1.29 is 4.74 Å². The predicted molar refractivity (Wildman–Crippen MR) is 61.0 cm³/mol. The monoisotopic (exact) mass is 193 g/mol. The summed E-state index contributed by atoms with van der Waals surface area (Å²) in [6.45, 7) is 4.38. The molecular weight excluding hydrogens is 174 g/mol. The molecule has 14 heavy (non-hydrogen) atoms. The quantitative estimate of drug-likeness (QED) is 0.774. The van der Waals surface area contributed by atoms with Gasteiger partial charge in [0.05, 0.1) is 12.8 Å². The molecule has 0 aromatic heterocycles. The van der Waals surface area contributed by atoms with E-state index in [4.69, 9.17) is 4.74 Å². The molecular formula is C12H19NO. The summed E-state index contributed by atoms with van der Waals surface area (Å²) in [6.07, 6.45) is 2.27. The van der Waals surface area contributed by atoms with Crippen LogP contribution in [0.4, 0.5) is 5.69 Å². The van der Waals surface area contributed by atoms with Crippen LogP contribution in [-0.2, 0) is 0 Å². The first-order valence-electron chi connectivity index (χ1n) is 5.21. The highest BCUT2D eigenvalue weighted by Gasteiger charge is 2.06. The molecule has 1 aromatic rings. The molecule has 0 spiro atoms. The second-order valence-corrected chi connectivity index (χ2v) is 3.36. The molecule has 2 nitrogen and oxygen atoms in total. The number of benzene rings is 1. The molecule has 1 N–H and O–H groups in total. The van der Waals surface area contributed by atoms with E-state index in [1.54, 1.807) is 7.11 Å². The van der Waals surface area contributed by atoms with Gasteiger partial charge in [-0.05, 0) is 25.0 Å². The van der Waals surface area contributed by atoms with Gasteiger partial charge in [0.1, 0.15) is 5.75 Å². The fraction of sp³-hybridized carbons (Fsp3) is 0.500. The molecule has 78 valence electrons. The van der Waals surface area contributed by atoms with Gasteiger partial charge in [-0.15, -0.1) is 0 Å². The van der Waals surface area contributed by atoms with Crippen molar-refractivity contribution in [1.29, 1.82) is 0 Å². The Kier molecular flexibility index (Phi) is 4.30. The summed E-state index contributed by atoms with van der Waals surface area (Å²) in [5.74, 6) is 0.916. The molecule has 0 fully saturated rings. The molecule has 0 aliphatic rings. The highest BCUT2D eigenvalue weighted by molar-refractivity contribution is 5.56. The zero-order chi connectivity index (χ0) is 10.4. The van der Waals surface area contributed by atoms with Crippen LogP contribution in [0.2, 0.25) is 0 Å². The van der Waals surface area contributed by atoms with Gasteiger partial charge >= 0.3 is 0 Å². The molecule has 1 aromatic carbocycles.